The molecule has 0 bridgehead atoms. The minimum Gasteiger partial charge on any atom is -0.497 e. The number of nitrogens with one attached hydrogen (secondary N) is 3. The van der Waals surface area contributed by atoms with Crippen LogP contribution in [0.3, 0.4) is 0 Å². The molecule has 0 saturated carbocycles. The third kappa shape index (κ3) is 3.95. The number of anilines is 1. The third-order valence-electron chi connectivity index (χ3n) is 6.00. The standard InChI is InChI=1S/C22H24ClN7O2/c1-32-15-4-5-16-13(10-25-17(16)9-15)6-7-24-21(31)14-3-2-8-30(11-14)20-18-19(27-12-26-18)28-22(23)29-20/h4-5,9-10,12,14,25H,2-3,6-8,11H2,1H3,(H,24,31)(H,26,27,28,29)/t14-/m1/s1. The van der Waals surface area contributed by atoms with Gasteiger partial charge in [0.1, 0.15) is 11.3 Å². The smallest absolute Gasteiger partial charge is 0.226 e. The lowest BCUT2D eigenvalue weighted by atomic mass is 9.97. The number of carbonyl (C=O) groups excluding carboxylic acids is 1. The number of methoxy groups -OCH3 is 1. The molecule has 4 heterocycles. The molecule has 1 atom stereocenters. The summed E-state index contributed by atoms with van der Waals surface area (Å²) in [6.07, 6.45) is 6.08. The van der Waals surface area contributed by atoms with Gasteiger partial charge in [0.2, 0.25) is 11.2 Å². The maximum absolute atomic E-state index is 12.9. The lowest BCUT2D eigenvalue weighted by Gasteiger charge is -2.33. The van der Waals surface area contributed by atoms with E-state index in [1.165, 1.54) is 5.56 Å². The van der Waals surface area contributed by atoms with Crippen molar-refractivity contribution in [3.63, 3.8) is 0 Å². The Labute approximate surface area is 189 Å². The Hall–Kier alpha value is -3.33. The minimum absolute atomic E-state index is 0.0669. The summed E-state index contributed by atoms with van der Waals surface area (Å²) in [7, 11) is 1.66. The number of piperidine rings is 1. The van der Waals surface area contributed by atoms with Crippen molar-refractivity contribution in [3.05, 3.63) is 41.6 Å². The number of carbonyl (C=O) groups is 1. The van der Waals surface area contributed by atoms with Crippen LogP contribution < -0.4 is 15.0 Å². The van der Waals surface area contributed by atoms with E-state index in [0.717, 1.165) is 48.0 Å². The number of imidazole rings is 1. The van der Waals surface area contributed by atoms with E-state index in [2.05, 4.69) is 35.1 Å². The van der Waals surface area contributed by atoms with Crippen molar-refractivity contribution in [1.29, 1.82) is 0 Å². The summed E-state index contributed by atoms with van der Waals surface area (Å²) in [5, 5.41) is 4.41. The molecule has 4 aromatic rings. The molecule has 1 fully saturated rings. The van der Waals surface area contributed by atoms with Gasteiger partial charge in [-0.2, -0.15) is 9.97 Å². The second kappa shape index (κ2) is 8.66. The molecule has 0 aliphatic carbocycles. The molecule has 0 unspecified atom stereocenters. The molecule has 3 N–H and O–H groups in total. The van der Waals surface area contributed by atoms with Crippen LogP contribution in [0.2, 0.25) is 5.28 Å². The number of aromatic nitrogens is 5. The van der Waals surface area contributed by atoms with E-state index >= 15 is 0 Å². The molecule has 3 aromatic heterocycles. The summed E-state index contributed by atoms with van der Waals surface area (Å²) < 4.78 is 5.28. The van der Waals surface area contributed by atoms with Crippen molar-refractivity contribution in [2.24, 2.45) is 5.92 Å². The number of nitrogens with zero attached hydrogens (tertiary/aromatic N) is 4. The topological polar surface area (TPSA) is 112 Å². The predicted molar refractivity (Wildman–Crippen MR) is 123 cm³/mol. The number of H-pyrrole nitrogens is 2. The Morgan fingerprint density at radius 3 is 3.12 bits per heavy atom. The molecule has 5 rings (SSSR count). The van der Waals surface area contributed by atoms with Crippen LogP contribution in [-0.4, -0.2) is 57.6 Å². The van der Waals surface area contributed by atoms with Gasteiger partial charge in [-0.25, -0.2) is 4.98 Å². The number of aromatic amines is 2. The van der Waals surface area contributed by atoms with Crippen molar-refractivity contribution < 1.29 is 9.53 Å². The summed E-state index contributed by atoms with van der Waals surface area (Å²) >= 11 is 6.08. The molecule has 166 valence electrons. The largest absolute Gasteiger partial charge is 0.497 e. The maximum atomic E-state index is 12.9. The number of rotatable bonds is 6. The highest BCUT2D eigenvalue weighted by molar-refractivity contribution is 6.28. The van der Waals surface area contributed by atoms with Crippen LogP contribution in [0.5, 0.6) is 5.75 Å². The van der Waals surface area contributed by atoms with E-state index in [-0.39, 0.29) is 17.1 Å². The summed E-state index contributed by atoms with van der Waals surface area (Å²) in [5.74, 6) is 1.47. The first-order valence-electron chi connectivity index (χ1n) is 10.7. The monoisotopic (exact) mass is 453 g/mol. The van der Waals surface area contributed by atoms with Crippen molar-refractivity contribution in [3.8, 4) is 5.75 Å². The average Bonchev–Trinajstić information content (AvgIpc) is 3.45. The molecule has 0 radical (unpaired) electrons. The van der Waals surface area contributed by atoms with Crippen LogP contribution in [0, 0.1) is 5.92 Å². The molecule has 1 aromatic carbocycles. The fraction of sp³-hybridized carbons (Fsp3) is 0.364. The normalized spacial score (nSPS) is 16.6. The zero-order valence-electron chi connectivity index (χ0n) is 17.7. The first-order chi connectivity index (χ1) is 15.6. The fourth-order valence-corrected chi connectivity index (χ4v) is 4.53. The van der Waals surface area contributed by atoms with E-state index in [1.807, 2.05) is 24.4 Å². The maximum Gasteiger partial charge on any atom is 0.226 e. The molecule has 1 aliphatic rings. The van der Waals surface area contributed by atoms with E-state index < -0.39 is 0 Å². The Balaban J connectivity index is 1.22. The molecule has 10 heteroatoms. The summed E-state index contributed by atoms with van der Waals surface area (Å²) in [6, 6.07) is 5.97. The average molecular weight is 454 g/mol. The number of fused-ring (bicyclic) bond motifs is 2. The number of hydrogen-bond acceptors (Lipinski definition) is 6. The second-order valence-corrected chi connectivity index (χ2v) is 8.31. The van der Waals surface area contributed by atoms with Gasteiger partial charge in [0.15, 0.2) is 11.5 Å². The lowest BCUT2D eigenvalue weighted by Crippen LogP contribution is -2.44. The molecular formula is C22H24ClN7O2. The van der Waals surface area contributed by atoms with Gasteiger partial charge in [0, 0.05) is 42.8 Å². The predicted octanol–water partition coefficient (Wildman–Crippen LogP) is 3.07. The molecule has 9 nitrogen and oxygen atoms in total. The van der Waals surface area contributed by atoms with Crippen molar-refractivity contribution in [2.45, 2.75) is 19.3 Å². The molecular weight excluding hydrogens is 430 g/mol. The molecule has 1 saturated heterocycles. The van der Waals surface area contributed by atoms with E-state index in [4.69, 9.17) is 16.3 Å². The van der Waals surface area contributed by atoms with Gasteiger partial charge in [-0.15, -0.1) is 0 Å². The molecule has 1 aliphatic heterocycles. The summed E-state index contributed by atoms with van der Waals surface area (Å²) in [4.78, 5) is 34.0. The van der Waals surface area contributed by atoms with Crippen LogP contribution in [-0.2, 0) is 11.2 Å². The number of ether oxygens (including phenoxy) is 1. The molecule has 32 heavy (non-hydrogen) atoms. The van der Waals surface area contributed by atoms with Gasteiger partial charge in [-0.1, -0.05) is 0 Å². The number of benzene rings is 1. The number of halogens is 1. The van der Waals surface area contributed by atoms with Crippen LogP contribution in [0.1, 0.15) is 18.4 Å². The van der Waals surface area contributed by atoms with Crippen molar-refractivity contribution in [1.82, 2.24) is 30.2 Å². The highest BCUT2D eigenvalue weighted by Crippen LogP contribution is 2.28. The van der Waals surface area contributed by atoms with Crippen LogP contribution in [0.4, 0.5) is 5.82 Å². The van der Waals surface area contributed by atoms with Gasteiger partial charge in [-0.05, 0) is 48.6 Å². The Bertz CT molecular complexity index is 1270. The minimum atomic E-state index is -0.109. The SMILES string of the molecule is COc1ccc2c(CCNC(=O)[C@@H]3CCCN(c4nc(Cl)nc5nc[nH]c45)C3)c[nH]c2c1. The van der Waals surface area contributed by atoms with Crippen LogP contribution >= 0.6 is 11.6 Å². The van der Waals surface area contributed by atoms with Crippen LogP contribution in [0.25, 0.3) is 22.1 Å². The first-order valence-corrected chi connectivity index (χ1v) is 11.0. The Morgan fingerprint density at radius 2 is 2.25 bits per heavy atom. The molecule has 0 spiro atoms. The lowest BCUT2D eigenvalue weighted by molar-refractivity contribution is -0.125. The number of amides is 1. The highest BCUT2D eigenvalue weighted by Gasteiger charge is 2.28. The fourth-order valence-electron chi connectivity index (χ4n) is 4.37. The second-order valence-electron chi connectivity index (χ2n) is 7.97. The van der Waals surface area contributed by atoms with Gasteiger partial charge < -0.3 is 24.9 Å². The van der Waals surface area contributed by atoms with Gasteiger partial charge >= 0.3 is 0 Å². The number of hydrogen-bond donors (Lipinski definition) is 3. The zero-order chi connectivity index (χ0) is 22.1. The Morgan fingerprint density at radius 1 is 1.34 bits per heavy atom. The van der Waals surface area contributed by atoms with E-state index in [9.17, 15) is 4.79 Å². The quantitative estimate of drug-likeness (QED) is 0.387. The van der Waals surface area contributed by atoms with Gasteiger partial charge in [0.25, 0.3) is 0 Å². The summed E-state index contributed by atoms with van der Waals surface area (Å²) in [5.41, 5.74) is 3.47. The zero-order valence-corrected chi connectivity index (χ0v) is 18.4. The first kappa shape index (κ1) is 20.6. The Kier molecular flexibility index (Phi) is 5.57. The highest BCUT2D eigenvalue weighted by atomic mass is 35.5. The van der Waals surface area contributed by atoms with E-state index in [1.54, 1.807) is 13.4 Å². The van der Waals surface area contributed by atoms with Gasteiger partial charge in [0.05, 0.1) is 19.4 Å². The van der Waals surface area contributed by atoms with Gasteiger partial charge in [-0.3, -0.25) is 4.79 Å². The van der Waals surface area contributed by atoms with Crippen molar-refractivity contribution >= 4 is 45.4 Å². The third-order valence-corrected chi connectivity index (χ3v) is 6.17. The van der Waals surface area contributed by atoms with Crippen LogP contribution in [0.15, 0.2) is 30.7 Å². The molecule has 1 amide bonds. The summed E-state index contributed by atoms with van der Waals surface area (Å²) in [6.45, 7) is 1.97. The van der Waals surface area contributed by atoms with Crippen molar-refractivity contribution in [2.75, 3.05) is 31.6 Å². The van der Waals surface area contributed by atoms with E-state index in [0.29, 0.717) is 24.6 Å².